The first-order valence-corrected chi connectivity index (χ1v) is 6.20. The molecule has 1 atom stereocenters. The number of methoxy groups -OCH3 is 2. The van der Waals surface area contributed by atoms with E-state index < -0.39 is 17.9 Å². The molecule has 1 unspecified atom stereocenters. The summed E-state index contributed by atoms with van der Waals surface area (Å²) in [6.45, 7) is 3.40. The second-order valence-electron chi connectivity index (χ2n) is 3.96. The van der Waals surface area contributed by atoms with Gasteiger partial charge in [-0.05, 0) is 0 Å². The molecule has 0 fully saturated rings. The SMILES string of the molecule is C=CCOCC(NC(=O)c1c(OC)ncnc1OC)C(=O)O. The number of hydrogen-bond donors (Lipinski definition) is 2. The van der Waals surface area contributed by atoms with Crippen LogP contribution in [0.3, 0.4) is 0 Å². The third-order valence-electron chi connectivity index (χ3n) is 2.52. The molecule has 120 valence electrons. The number of aromatic nitrogens is 2. The van der Waals surface area contributed by atoms with E-state index >= 15 is 0 Å². The summed E-state index contributed by atoms with van der Waals surface area (Å²) in [5.41, 5.74) is -0.0949. The van der Waals surface area contributed by atoms with E-state index in [1.165, 1.54) is 20.3 Å². The molecule has 22 heavy (non-hydrogen) atoms. The van der Waals surface area contributed by atoms with Crippen molar-refractivity contribution in [3.05, 3.63) is 24.5 Å². The van der Waals surface area contributed by atoms with Crippen LogP contribution in [0.2, 0.25) is 0 Å². The molecule has 1 rings (SSSR count). The quantitative estimate of drug-likeness (QED) is 0.478. The summed E-state index contributed by atoms with van der Waals surface area (Å²) in [6.07, 6.45) is 2.63. The fourth-order valence-electron chi connectivity index (χ4n) is 1.53. The van der Waals surface area contributed by atoms with Crippen molar-refractivity contribution < 1.29 is 28.9 Å². The van der Waals surface area contributed by atoms with Crippen molar-refractivity contribution in [3.8, 4) is 11.8 Å². The van der Waals surface area contributed by atoms with E-state index in [1.54, 1.807) is 0 Å². The molecule has 9 nitrogen and oxygen atoms in total. The Morgan fingerprint density at radius 1 is 1.36 bits per heavy atom. The molecule has 0 bridgehead atoms. The number of carbonyl (C=O) groups is 2. The molecule has 0 radical (unpaired) electrons. The minimum absolute atomic E-state index is 0.0273. The van der Waals surface area contributed by atoms with Gasteiger partial charge in [0.15, 0.2) is 11.6 Å². The predicted molar refractivity (Wildman–Crippen MR) is 75.0 cm³/mol. The highest BCUT2D eigenvalue weighted by atomic mass is 16.5. The van der Waals surface area contributed by atoms with Crippen molar-refractivity contribution in [2.75, 3.05) is 27.4 Å². The van der Waals surface area contributed by atoms with Crippen molar-refractivity contribution in [3.63, 3.8) is 0 Å². The van der Waals surface area contributed by atoms with Gasteiger partial charge in [0.1, 0.15) is 6.33 Å². The Morgan fingerprint density at radius 3 is 2.41 bits per heavy atom. The van der Waals surface area contributed by atoms with Gasteiger partial charge in [0.2, 0.25) is 11.8 Å². The summed E-state index contributed by atoms with van der Waals surface area (Å²) in [5, 5.41) is 11.4. The largest absolute Gasteiger partial charge is 0.480 e. The maximum absolute atomic E-state index is 12.3. The van der Waals surface area contributed by atoms with Crippen LogP contribution in [0.5, 0.6) is 11.8 Å². The van der Waals surface area contributed by atoms with Gasteiger partial charge in [0.05, 0.1) is 27.4 Å². The van der Waals surface area contributed by atoms with Gasteiger partial charge in [0, 0.05) is 0 Å². The molecule has 2 N–H and O–H groups in total. The first kappa shape index (κ1) is 17.4. The second kappa shape index (κ2) is 8.57. The first-order chi connectivity index (χ1) is 10.5. The summed E-state index contributed by atoms with van der Waals surface area (Å²) in [6, 6.07) is -1.25. The molecule has 1 aromatic heterocycles. The summed E-state index contributed by atoms with van der Waals surface area (Å²) < 4.78 is 15.0. The molecule has 1 heterocycles. The fourth-order valence-corrected chi connectivity index (χ4v) is 1.53. The average Bonchev–Trinajstić information content (AvgIpc) is 2.52. The van der Waals surface area contributed by atoms with Crippen molar-refractivity contribution in [1.29, 1.82) is 0 Å². The molecule has 0 aliphatic rings. The van der Waals surface area contributed by atoms with E-state index in [4.69, 9.17) is 19.3 Å². The molecule has 0 aliphatic heterocycles. The Bertz CT molecular complexity index is 526. The third kappa shape index (κ3) is 4.42. The van der Waals surface area contributed by atoms with Gasteiger partial charge >= 0.3 is 5.97 Å². The lowest BCUT2D eigenvalue weighted by Crippen LogP contribution is -2.44. The Balaban J connectivity index is 2.94. The standard InChI is InChI=1S/C13H17N3O6/c1-4-5-22-6-8(13(18)19)16-10(17)9-11(20-2)14-7-15-12(9)21-3/h4,7-8H,1,5-6H2,2-3H3,(H,16,17)(H,18,19). The molecule has 0 saturated carbocycles. The van der Waals surface area contributed by atoms with Gasteiger partial charge in [-0.25, -0.2) is 14.8 Å². The third-order valence-corrected chi connectivity index (χ3v) is 2.52. The topological polar surface area (TPSA) is 120 Å². The average molecular weight is 311 g/mol. The molecule has 1 aromatic rings. The number of carboxylic acids is 1. The van der Waals surface area contributed by atoms with Gasteiger partial charge in [0.25, 0.3) is 5.91 Å². The van der Waals surface area contributed by atoms with Gasteiger partial charge in [-0.15, -0.1) is 6.58 Å². The lowest BCUT2D eigenvalue weighted by molar-refractivity contribution is -0.140. The number of aliphatic carboxylic acids is 1. The number of amides is 1. The number of rotatable bonds is 9. The smallest absolute Gasteiger partial charge is 0.328 e. The predicted octanol–water partition coefficient (Wildman–Crippen LogP) is -0.121. The number of nitrogens with zero attached hydrogens (tertiary/aromatic N) is 2. The maximum atomic E-state index is 12.3. The van der Waals surface area contributed by atoms with Gasteiger partial charge in [-0.3, -0.25) is 4.79 Å². The number of ether oxygens (including phenoxy) is 3. The number of hydrogen-bond acceptors (Lipinski definition) is 7. The van der Waals surface area contributed by atoms with E-state index in [9.17, 15) is 9.59 Å². The molecular weight excluding hydrogens is 294 g/mol. The molecule has 1 amide bonds. The summed E-state index contributed by atoms with van der Waals surface area (Å²) in [4.78, 5) is 31.0. The van der Waals surface area contributed by atoms with Crippen LogP contribution >= 0.6 is 0 Å². The Kier molecular flexibility index (Phi) is 6.77. The Hall–Kier alpha value is -2.68. The van der Waals surface area contributed by atoms with E-state index in [2.05, 4.69) is 21.9 Å². The molecule has 0 aromatic carbocycles. The van der Waals surface area contributed by atoms with Crippen molar-refractivity contribution in [2.24, 2.45) is 0 Å². The number of carboxylic acid groups (broad SMARTS) is 1. The van der Waals surface area contributed by atoms with Gasteiger partial charge in [-0.1, -0.05) is 6.08 Å². The van der Waals surface area contributed by atoms with Crippen LogP contribution in [0, 0.1) is 0 Å². The zero-order chi connectivity index (χ0) is 16.5. The zero-order valence-electron chi connectivity index (χ0n) is 12.2. The van der Waals surface area contributed by atoms with Crippen molar-refractivity contribution in [1.82, 2.24) is 15.3 Å². The van der Waals surface area contributed by atoms with Crippen LogP contribution in [0.1, 0.15) is 10.4 Å². The summed E-state index contributed by atoms with van der Waals surface area (Å²) in [7, 11) is 2.64. The summed E-state index contributed by atoms with van der Waals surface area (Å²) in [5.74, 6) is -2.04. The number of carbonyl (C=O) groups excluding carboxylic acids is 1. The lowest BCUT2D eigenvalue weighted by Gasteiger charge is -2.16. The zero-order valence-corrected chi connectivity index (χ0v) is 12.2. The minimum Gasteiger partial charge on any atom is -0.480 e. The van der Waals surface area contributed by atoms with Crippen molar-refractivity contribution >= 4 is 11.9 Å². The lowest BCUT2D eigenvalue weighted by atomic mass is 10.2. The Labute approximate surface area is 126 Å². The minimum atomic E-state index is -1.25. The Morgan fingerprint density at radius 2 is 1.95 bits per heavy atom. The van der Waals surface area contributed by atoms with Crippen LogP contribution in [-0.2, 0) is 9.53 Å². The highest BCUT2D eigenvalue weighted by molar-refractivity contribution is 6.00. The van der Waals surface area contributed by atoms with Crippen LogP contribution < -0.4 is 14.8 Å². The van der Waals surface area contributed by atoms with Crippen LogP contribution in [0.25, 0.3) is 0 Å². The van der Waals surface area contributed by atoms with Gasteiger partial charge in [-0.2, -0.15) is 0 Å². The molecule has 9 heteroatoms. The maximum Gasteiger partial charge on any atom is 0.328 e. The fraction of sp³-hybridized carbons (Fsp3) is 0.385. The van der Waals surface area contributed by atoms with Crippen LogP contribution in [0.15, 0.2) is 19.0 Å². The summed E-state index contributed by atoms with van der Waals surface area (Å²) >= 11 is 0. The number of nitrogens with one attached hydrogen (secondary N) is 1. The van der Waals surface area contributed by atoms with E-state index in [-0.39, 0.29) is 30.5 Å². The van der Waals surface area contributed by atoms with Crippen LogP contribution in [-0.4, -0.2) is 60.4 Å². The van der Waals surface area contributed by atoms with Crippen molar-refractivity contribution in [2.45, 2.75) is 6.04 Å². The second-order valence-corrected chi connectivity index (χ2v) is 3.96. The first-order valence-electron chi connectivity index (χ1n) is 6.20. The monoisotopic (exact) mass is 311 g/mol. The van der Waals surface area contributed by atoms with Crippen LogP contribution in [0.4, 0.5) is 0 Å². The molecule has 0 spiro atoms. The molecular formula is C13H17N3O6. The van der Waals surface area contributed by atoms with Gasteiger partial charge < -0.3 is 24.6 Å². The highest BCUT2D eigenvalue weighted by Crippen LogP contribution is 2.23. The molecule has 0 aliphatic carbocycles. The molecule has 0 saturated heterocycles. The highest BCUT2D eigenvalue weighted by Gasteiger charge is 2.26. The van der Waals surface area contributed by atoms with E-state index in [1.807, 2.05) is 0 Å². The van der Waals surface area contributed by atoms with E-state index in [0.717, 1.165) is 6.33 Å². The normalized spacial score (nSPS) is 11.4. The van der Waals surface area contributed by atoms with E-state index in [0.29, 0.717) is 0 Å².